The fourth-order valence-electron chi connectivity index (χ4n) is 4.25. The molecule has 1 fully saturated rings. The van der Waals surface area contributed by atoms with Crippen molar-refractivity contribution in [3.63, 3.8) is 0 Å². The molecule has 2 aromatic rings. The number of hydrogen-bond acceptors (Lipinski definition) is 3. The molecule has 2 heterocycles. The maximum absolute atomic E-state index is 13.1. The lowest BCUT2D eigenvalue weighted by Crippen LogP contribution is -2.39. The van der Waals surface area contributed by atoms with Gasteiger partial charge in [-0.2, -0.15) is 0 Å². The van der Waals surface area contributed by atoms with Crippen molar-refractivity contribution >= 4 is 23.0 Å². The lowest BCUT2D eigenvalue weighted by molar-refractivity contribution is -0.132. The van der Waals surface area contributed by atoms with Crippen LogP contribution in [0.25, 0.3) is 16.7 Å². The highest BCUT2D eigenvalue weighted by Crippen LogP contribution is 2.47. The molecule has 2 aliphatic heterocycles. The van der Waals surface area contributed by atoms with Crippen molar-refractivity contribution in [3.8, 4) is 11.1 Å². The van der Waals surface area contributed by atoms with E-state index in [0.29, 0.717) is 29.9 Å². The number of benzene rings is 2. The SMILES string of the molecule is CCc1ccc(-c2ccc(Cl)cc2)cc1C1=C(O)C2(CC)CCC(O2)C1=O. The van der Waals surface area contributed by atoms with Gasteiger partial charge in [0.05, 0.1) is 5.57 Å². The minimum Gasteiger partial charge on any atom is -0.508 e. The van der Waals surface area contributed by atoms with Crippen LogP contribution < -0.4 is 0 Å². The topological polar surface area (TPSA) is 46.5 Å². The van der Waals surface area contributed by atoms with Crippen LogP contribution in [-0.4, -0.2) is 22.6 Å². The molecule has 1 saturated heterocycles. The third-order valence-corrected chi connectivity index (χ3v) is 6.15. The van der Waals surface area contributed by atoms with Gasteiger partial charge in [-0.3, -0.25) is 4.79 Å². The molecule has 0 radical (unpaired) electrons. The fourth-order valence-corrected chi connectivity index (χ4v) is 4.37. The van der Waals surface area contributed by atoms with E-state index in [1.54, 1.807) is 0 Å². The predicted molar refractivity (Wildman–Crippen MR) is 108 cm³/mol. The summed E-state index contributed by atoms with van der Waals surface area (Å²) in [4.78, 5) is 13.1. The van der Waals surface area contributed by atoms with Gasteiger partial charge in [-0.25, -0.2) is 0 Å². The van der Waals surface area contributed by atoms with Gasteiger partial charge in [-0.05, 0) is 66.1 Å². The first kappa shape index (κ1) is 18.3. The summed E-state index contributed by atoms with van der Waals surface area (Å²) in [5.41, 5.74) is 3.62. The van der Waals surface area contributed by atoms with Crippen LogP contribution in [0.2, 0.25) is 5.02 Å². The van der Waals surface area contributed by atoms with Crippen molar-refractivity contribution in [1.29, 1.82) is 0 Å². The van der Waals surface area contributed by atoms with E-state index in [-0.39, 0.29) is 11.5 Å². The van der Waals surface area contributed by atoms with Crippen LogP contribution in [0.3, 0.4) is 0 Å². The summed E-state index contributed by atoms with van der Waals surface area (Å²) < 4.78 is 5.94. The van der Waals surface area contributed by atoms with Gasteiger partial charge in [0.2, 0.25) is 0 Å². The first-order valence-corrected chi connectivity index (χ1v) is 9.92. The smallest absolute Gasteiger partial charge is 0.195 e. The molecular formula is C23H23ClO3. The van der Waals surface area contributed by atoms with Crippen molar-refractivity contribution in [1.82, 2.24) is 0 Å². The zero-order valence-electron chi connectivity index (χ0n) is 15.6. The highest BCUT2D eigenvalue weighted by atomic mass is 35.5. The molecule has 0 aliphatic carbocycles. The van der Waals surface area contributed by atoms with Crippen molar-refractivity contribution in [3.05, 3.63) is 64.4 Å². The van der Waals surface area contributed by atoms with Crippen LogP contribution in [-0.2, 0) is 16.0 Å². The lowest BCUT2D eigenvalue weighted by atomic mass is 9.85. The van der Waals surface area contributed by atoms with E-state index >= 15 is 0 Å². The molecule has 2 unspecified atom stereocenters. The van der Waals surface area contributed by atoms with Gasteiger partial charge < -0.3 is 9.84 Å². The van der Waals surface area contributed by atoms with Gasteiger partial charge in [0.25, 0.3) is 0 Å². The Morgan fingerprint density at radius 1 is 1.15 bits per heavy atom. The maximum Gasteiger partial charge on any atom is 0.195 e. The molecule has 4 rings (SSSR count). The van der Waals surface area contributed by atoms with Crippen LogP contribution in [0.1, 0.15) is 44.2 Å². The average Bonchev–Trinajstić information content (AvgIpc) is 3.10. The standard InChI is InChI=1S/C23H23ClO3/c1-3-14-5-6-16(15-7-9-17(24)10-8-15)13-18(14)20-21(25)19-11-12-23(4-2,27-19)22(20)26/h5-10,13,19,26H,3-4,11-12H2,1-2H3. The number of aliphatic hydroxyl groups excluding tert-OH is 1. The summed E-state index contributed by atoms with van der Waals surface area (Å²) in [6, 6.07) is 13.7. The summed E-state index contributed by atoms with van der Waals surface area (Å²) in [6.45, 7) is 4.06. The molecule has 0 saturated carbocycles. The normalized spacial score (nSPS) is 24.6. The van der Waals surface area contributed by atoms with Gasteiger partial charge in [-0.15, -0.1) is 0 Å². The van der Waals surface area contributed by atoms with Gasteiger partial charge >= 0.3 is 0 Å². The van der Waals surface area contributed by atoms with Crippen LogP contribution in [0, 0.1) is 0 Å². The molecule has 1 N–H and O–H groups in total. The number of aryl methyl sites for hydroxylation is 1. The molecule has 0 amide bonds. The molecule has 0 aromatic heterocycles. The van der Waals surface area contributed by atoms with Crippen molar-refractivity contribution in [2.75, 3.05) is 0 Å². The second-order valence-electron chi connectivity index (χ2n) is 7.31. The minimum absolute atomic E-state index is 0.1000. The first-order valence-electron chi connectivity index (χ1n) is 9.54. The van der Waals surface area contributed by atoms with Crippen LogP contribution in [0.15, 0.2) is 48.2 Å². The number of fused-ring (bicyclic) bond motifs is 2. The van der Waals surface area contributed by atoms with E-state index in [1.165, 1.54) is 0 Å². The number of carbonyl (C=O) groups is 1. The number of carbonyl (C=O) groups excluding carboxylic acids is 1. The highest BCUT2D eigenvalue weighted by Gasteiger charge is 2.52. The molecule has 2 aromatic carbocycles. The van der Waals surface area contributed by atoms with Crippen molar-refractivity contribution in [2.24, 2.45) is 0 Å². The van der Waals surface area contributed by atoms with E-state index < -0.39 is 11.7 Å². The fraction of sp³-hybridized carbons (Fsp3) is 0.348. The molecule has 140 valence electrons. The zero-order valence-corrected chi connectivity index (χ0v) is 16.3. The van der Waals surface area contributed by atoms with E-state index in [4.69, 9.17) is 16.3 Å². The van der Waals surface area contributed by atoms with Crippen molar-refractivity contribution in [2.45, 2.75) is 51.2 Å². The average molecular weight is 383 g/mol. The maximum atomic E-state index is 13.1. The number of ether oxygens (including phenoxy) is 1. The highest BCUT2D eigenvalue weighted by molar-refractivity contribution is 6.30. The third kappa shape index (κ3) is 2.90. The molecule has 3 nitrogen and oxygen atoms in total. The second-order valence-corrected chi connectivity index (χ2v) is 7.75. The Kier molecular flexibility index (Phi) is 4.61. The first-order chi connectivity index (χ1) is 13.0. The number of halogens is 1. The predicted octanol–water partition coefficient (Wildman–Crippen LogP) is 5.75. The van der Waals surface area contributed by atoms with E-state index in [1.807, 2.05) is 43.3 Å². The summed E-state index contributed by atoms with van der Waals surface area (Å²) in [5, 5.41) is 11.7. The third-order valence-electron chi connectivity index (χ3n) is 5.89. The van der Waals surface area contributed by atoms with Crippen molar-refractivity contribution < 1.29 is 14.6 Å². The summed E-state index contributed by atoms with van der Waals surface area (Å²) >= 11 is 6.01. The van der Waals surface area contributed by atoms with Crippen LogP contribution in [0.5, 0.6) is 0 Å². The molecular weight excluding hydrogens is 360 g/mol. The second kappa shape index (κ2) is 6.81. The Morgan fingerprint density at radius 3 is 2.52 bits per heavy atom. The van der Waals surface area contributed by atoms with E-state index in [2.05, 4.69) is 13.0 Å². The van der Waals surface area contributed by atoms with E-state index in [9.17, 15) is 9.90 Å². The van der Waals surface area contributed by atoms with Gasteiger partial charge in [0, 0.05) is 5.02 Å². The van der Waals surface area contributed by atoms with E-state index in [0.717, 1.165) is 28.7 Å². The number of Topliss-reactive ketones (excluding diaryl/α,β-unsaturated/α-hetero) is 1. The Balaban J connectivity index is 1.89. The Morgan fingerprint density at radius 2 is 1.85 bits per heavy atom. The quantitative estimate of drug-likeness (QED) is 0.732. The summed E-state index contributed by atoms with van der Waals surface area (Å²) in [5.74, 6) is 0.00346. The number of ketones is 1. The molecule has 27 heavy (non-hydrogen) atoms. The Bertz CT molecular complexity index is 929. The number of hydrogen-bond donors (Lipinski definition) is 1. The Labute approximate surface area is 164 Å². The molecule has 4 heteroatoms. The molecule has 2 aliphatic rings. The monoisotopic (exact) mass is 382 g/mol. The van der Waals surface area contributed by atoms with Gasteiger partial charge in [0.1, 0.15) is 17.5 Å². The van der Waals surface area contributed by atoms with Gasteiger partial charge in [-0.1, -0.05) is 49.7 Å². The minimum atomic E-state index is -0.713. The number of rotatable bonds is 4. The van der Waals surface area contributed by atoms with Crippen LogP contribution in [0.4, 0.5) is 0 Å². The van der Waals surface area contributed by atoms with Crippen LogP contribution >= 0.6 is 11.6 Å². The molecule has 0 spiro atoms. The zero-order chi connectivity index (χ0) is 19.2. The Hall–Kier alpha value is -2.10. The largest absolute Gasteiger partial charge is 0.508 e. The number of aliphatic hydroxyl groups is 1. The lowest BCUT2D eigenvalue weighted by Gasteiger charge is -2.33. The molecule has 2 bridgehead atoms. The summed E-state index contributed by atoms with van der Waals surface area (Å²) in [7, 11) is 0. The molecule has 2 atom stereocenters. The van der Waals surface area contributed by atoms with Gasteiger partial charge in [0.15, 0.2) is 5.78 Å². The summed E-state index contributed by atoms with van der Waals surface area (Å²) in [6.07, 6.45) is 2.35.